The highest BCUT2D eigenvalue weighted by atomic mass is 16.4. The summed E-state index contributed by atoms with van der Waals surface area (Å²) in [6, 6.07) is 3.43. The van der Waals surface area contributed by atoms with Crippen molar-refractivity contribution in [3.8, 4) is 0 Å². The second-order valence-electron chi connectivity index (χ2n) is 2.57. The number of carboxylic acid groups (broad SMARTS) is 1. The number of rotatable bonds is 2. The van der Waals surface area contributed by atoms with Gasteiger partial charge in [-0.15, -0.1) is 0 Å². The van der Waals surface area contributed by atoms with Gasteiger partial charge < -0.3 is 10.8 Å². The summed E-state index contributed by atoms with van der Waals surface area (Å²) in [5.74, 6) is -0.593. The molecular weight excluding hydrogens is 156 g/mol. The summed E-state index contributed by atoms with van der Waals surface area (Å²) < 4.78 is 0. The first-order valence-corrected chi connectivity index (χ1v) is 3.53. The summed E-state index contributed by atoms with van der Waals surface area (Å²) >= 11 is 0. The number of aryl methyl sites for hydroxylation is 1. The zero-order valence-corrected chi connectivity index (χ0v) is 6.74. The summed E-state index contributed by atoms with van der Waals surface area (Å²) in [5, 5.41) is 8.48. The molecule has 1 rings (SSSR count). The Kier molecular flexibility index (Phi) is 2.28. The fourth-order valence-electron chi connectivity index (χ4n) is 0.918. The topological polar surface area (TPSA) is 76.2 Å². The van der Waals surface area contributed by atoms with Crippen molar-refractivity contribution in [2.24, 2.45) is 0 Å². The van der Waals surface area contributed by atoms with E-state index >= 15 is 0 Å². The molecule has 1 heterocycles. The molecule has 0 atom stereocenters. The van der Waals surface area contributed by atoms with Crippen LogP contribution in [0.4, 0.5) is 5.82 Å². The predicted octanol–water partition coefficient (Wildman–Crippen LogP) is 0.599. The quantitative estimate of drug-likeness (QED) is 0.674. The van der Waals surface area contributed by atoms with E-state index in [1.165, 1.54) is 0 Å². The van der Waals surface area contributed by atoms with Crippen LogP contribution in [-0.2, 0) is 11.2 Å². The van der Waals surface area contributed by atoms with Crippen molar-refractivity contribution in [1.82, 2.24) is 4.98 Å². The number of nitrogen functional groups attached to an aromatic ring is 1. The second kappa shape index (κ2) is 3.21. The number of aromatic nitrogens is 1. The highest BCUT2D eigenvalue weighted by Crippen LogP contribution is 2.09. The molecule has 0 amide bonds. The van der Waals surface area contributed by atoms with Crippen LogP contribution in [-0.4, -0.2) is 16.1 Å². The van der Waals surface area contributed by atoms with Crippen LogP contribution in [0.25, 0.3) is 0 Å². The number of nitrogens with zero attached hydrogens (tertiary/aromatic N) is 1. The summed E-state index contributed by atoms with van der Waals surface area (Å²) in [5.41, 5.74) is 6.85. The number of carboxylic acids is 1. The first-order valence-electron chi connectivity index (χ1n) is 3.53. The fraction of sp³-hybridized carbons (Fsp3) is 0.250. The highest BCUT2D eigenvalue weighted by molar-refractivity contribution is 5.72. The summed E-state index contributed by atoms with van der Waals surface area (Å²) in [6.45, 7) is 1.81. The van der Waals surface area contributed by atoms with E-state index in [4.69, 9.17) is 10.8 Å². The maximum Gasteiger partial charge on any atom is 0.307 e. The van der Waals surface area contributed by atoms with Crippen molar-refractivity contribution in [3.63, 3.8) is 0 Å². The molecule has 12 heavy (non-hydrogen) atoms. The average Bonchev–Trinajstić information content (AvgIpc) is 1.94. The number of hydrogen-bond acceptors (Lipinski definition) is 3. The lowest BCUT2D eigenvalue weighted by molar-refractivity contribution is -0.136. The lowest BCUT2D eigenvalue weighted by atomic mass is 10.2. The number of carbonyl (C=O) groups is 1. The third-order valence-corrected chi connectivity index (χ3v) is 1.49. The highest BCUT2D eigenvalue weighted by Gasteiger charge is 2.04. The number of nitrogens with two attached hydrogens (primary N) is 1. The molecule has 4 heteroatoms. The molecule has 0 bridgehead atoms. The van der Waals surface area contributed by atoms with E-state index in [2.05, 4.69) is 4.98 Å². The monoisotopic (exact) mass is 166 g/mol. The Morgan fingerprint density at radius 1 is 1.67 bits per heavy atom. The van der Waals surface area contributed by atoms with Crippen molar-refractivity contribution in [2.45, 2.75) is 13.3 Å². The maximum absolute atomic E-state index is 10.3. The van der Waals surface area contributed by atoms with Crippen molar-refractivity contribution < 1.29 is 9.90 Å². The van der Waals surface area contributed by atoms with Gasteiger partial charge in [-0.1, -0.05) is 6.07 Å². The van der Waals surface area contributed by atoms with Gasteiger partial charge in [-0.05, 0) is 13.0 Å². The minimum absolute atomic E-state index is 0.0703. The Hall–Kier alpha value is -1.58. The molecule has 0 aliphatic heterocycles. The Labute approximate surface area is 70.0 Å². The molecule has 0 unspecified atom stereocenters. The van der Waals surface area contributed by atoms with E-state index in [1.54, 1.807) is 19.1 Å². The molecule has 0 aliphatic rings. The first-order chi connectivity index (χ1) is 5.59. The average molecular weight is 166 g/mol. The molecule has 0 saturated heterocycles. The van der Waals surface area contributed by atoms with Crippen LogP contribution in [0.3, 0.4) is 0 Å². The van der Waals surface area contributed by atoms with Gasteiger partial charge in [0.15, 0.2) is 0 Å². The van der Waals surface area contributed by atoms with Gasteiger partial charge in [0.2, 0.25) is 0 Å². The standard InChI is InChI=1S/C8H10N2O2/c1-5-2-3-6(4-7(11)12)8(9)10-5/h2-3H,4H2,1H3,(H2,9,10)(H,11,12). The van der Waals surface area contributed by atoms with E-state index in [0.29, 0.717) is 11.4 Å². The van der Waals surface area contributed by atoms with Gasteiger partial charge >= 0.3 is 5.97 Å². The third kappa shape index (κ3) is 1.95. The zero-order valence-electron chi connectivity index (χ0n) is 6.74. The minimum Gasteiger partial charge on any atom is -0.481 e. The summed E-state index contributed by atoms with van der Waals surface area (Å²) in [6.07, 6.45) is -0.0703. The minimum atomic E-state index is -0.896. The Morgan fingerprint density at radius 2 is 2.33 bits per heavy atom. The van der Waals surface area contributed by atoms with Gasteiger partial charge in [-0.3, -0.25) is 4.79 Å². The van der Waals surface area contributed by atoms with Crippen molar-refractivity contribution in [2.75, 3.05) is 5.73 Å². The summed E-state index contributed by atoms with van der Waals surface area (Å²) in [7, 11) is 0. The molecule has 64 valence electrons. The molecule has 1 aromatic heterocycles. The van der Waals surface area contributed by atoms with E-state index in [9.17, 15) is 4.79 Å². The number of anilines is 1. The van der Waals surface area contributed by atoms with Crippen LogP contribution < -0.4 is 5.73 Å². The van der Waals surface area contributed by atoms with E-state index < -0.39 is 5.97 Å². The molecule has 0 spiro atoms. The molecule has 0 radical (unpaired) electrons. The smallest absolute Gasteiger partial charge is 0.307 e. The van der Waals surface area contributed by atoms with Gasteiger partial charge in [0, 0.05) is 11.3 Å². The maximum atomic E-state index is 10.3. The van der Waals surface area contributed by atoms with Crippen LogP contribution in [0.5, 0.6) is 0 Å². The second-order valence-corrected chi connectivity index (χ2v) is 2.57. The predicted molar refractivity (Wildman–Crippen MR) is 44.7 cm³/mol. The van der Waals surface area contributed by atoms with Crippen LogP contribution in [0, 0.1) is 6.92 Å². The lowest BCUT2D eigenvalue weighted by Gasteiger charge is -2.01. The Balaban J connectivity index is 2.93. The normalized spacial score (nSPS) is 9.75. The molecule has 1 aromatic rings. The van der Waals surface area contributed by atoms with Crippen LogP contribution >= 0.6 is 0 Å². The Morgan fingerprint density at radius 3 is 2.83 bits per heavy atom. The molecule has 0 aromatic carbocycles. The van der Waals surface area contributed by atoms with E-state index in [0.717, 1.165) is 5.69 Å². The van der Waals surface area contributed by atoms with Gasteiger partial charge in [0.1, 0.15) is 5.82 Å². The molecule has 0 aliphatic carbocycles. The molecular formula is C8H10N2O2. The van der Waals surface area contributed by atoms with Crippen LogP contribution in [0.1, 0.15) is 11.3 Å². The third-order valence-electron chi connectivity index (χ3n) is 1.49. The Bertz CT molecular complexity index is 310. The fourth-order valence-corrected chi connectivity index (χ4v) is 0.918. The number of pyridine rings is 1. The van der Waals surface area contributed by atoms with Crippen molar-refractivity contribution in [1.29, 1.82) is 0 Å². The van der Waals surface area contributed by atoms with Crippen LogP contribution in [0.15, 0.2) is 12.1 Å². The SMILES string of the molecule is Cc1ccc(CC(=O)O)c(N)n1. The molecule has 3 N–H and O–H groups in total. The van der Waals surface area contributed by atoms with Crippen molar-refractivity contribution in [3.05, 3.63) is 23.4 Å². The molecule has 4 nitrogen and oxygen atoms in total. The summed E-state index contributed by atoms with van der Waals surface area (Å²) in [4.78, 5) is 14.3. The van der Waals surface area contributed by atoms with Crippen molar-refractivity contribution >= 4 is 11.8 Å². The van der Waals surface area contributed by atoms with E-state index in [-0.39, 0.29) is 6.42 Å². The molecule has 0 saturated carbocycles. The first kappa shape index (κ1) is 8.52. The van der Waals surface area contributed by atoms with E-state index in [1.807, 2.05) is 0 Å². The van der Waals surface area contributed by atoms with Gasteiger partial charge in [-0.25, -0.2) is 4.98 Å². The molecule has 0 fully saturated rings. The zero-order chi connectivity index (χ0) is 9.14. The van der Waals surface area contributed by atoms with Gasteiger partial charge in [0.25, 0.3) is 0 Å². The lowest BCUT2D eigenvalue weighted by Crippen LogP contribution is -2.05. The van der Waals surface area contributed by atoms with Gasteiger partial charge in [-0.2, -0.15) is 0 Å². The van der Waals surface area contributed by atoms with Crippen LogP contribution in [0.2, 0.25) is 0 Å². The van der Waals surface area contributed by atoms with Gasteiger partial charge in [0.05, 0.1) is 6.42 Å². The number of hydrogen-bond donors (Lipinski definition) is 2. The number of aliphatic carboxylic acids is 1. The largest absolute Gasteiger partial charge is 0.481 e.